The Bertz CT molecular complexity index is 79.6. The van der Waals surface area contributed by atoms with E-state index in [4.69, 9.17) is 4.74 Å². The summed E-state index contributed by atoms with van der Waals surface area (Å²) in [5.41, 5.74) is 0. The Morgan fingerprint density at radius 3 is 1.82 bits per heavy atom. The van der Waals surface area contributed by atoms with E-state index >= 15 is 0 Å². The minimum Gasteiger partial charge on any atom is -0.381 e. The summed E-state index contributed by atoms with van der Waals surface area (Å²) in [6, 6.07) is 0. The minimum atomic E-state index is 0.653. The van der Waals surface area contributed by atoms with Crippen molar-refractivity contribution in [2.45, 2.75) is 6.92 Å². The summed E-state index contributed by atoms with van der Waals surface area (Å²) in [4.78, 5) is 0. The first kappa shape index (κ1) is 13.0. The van der Waals surface area contributed by atoms with Crippen LogP contribution >= 0.6 is 0 Å². The first-order valence-electron chi connectivity index (χ1n) is 3.61. The second kappa shape index (κ2) is 16.2. The van der Waals surface area contributed by atoms with Crippen molar-refractivity contribution in [2.75, 3.05) is 26.9 Å². The molecule has 0 unspecified atom stereocenters. The molecule has 66 valence electrons. The van der Waals surface area contributed by atoms with Crippen LogP contribution in [-0.2, 0) is 9.47 Å². The van der Waals surface area contributed by atoms with Gasteiger partial charge >= 0.3 is 0 Å². The van der Waals surface area contributed by atoms with Crippen molar-refractivity contribution in [3.8, 4) is 0 Å². The van der Waals surface area contributed by atoms with Crippen molar-refractivity contribution in [1.29, 1.82) is 0 Å². The van der Waals surface area contributed by atoms with Crippen LogP contribution in [0.1, 0.15) is 6.92 Å². The standard InChI is InChI=1S/C5H10O.C4H8O/c1-3-5-6-4-2;1-3-4-5-2/h3H,1,4-5H2,2H3;3H,1,4H2,2H3. The molecule has 0 amide bonds. The van der Waals surface area contributed by atoms with Crippen molar-refractivity contribution >= 4 is 0 Å². The molecule has 0 aliphatic rings. The number of rotatable bonds is 5. The molecule has 11 heavy (non-hydrogen) atoms. The summed E-state index contributed by atoms with van der Waals surface area (Å²) in [5, 5.41) is 0. The third kappa shape index (κ3) is 26.6. The van der Waals surface area contributed by atoms with Crippen molar-refractivity contribution in [3.63, 3.8) is 0 Å². The molecule has 0 aromatic rings. The van der Waals surface area contributed by atoms with Gasteiger partial charge in [0, 0.05) is 13.7 Å². The molecule has 0 aromatic heterocycles. The van der Waals surface area contributed by atoms with E-state index in [9.17, 15) is 0 Å². The lowest BCUT2D eigenvalue weighted by molar-refractivity contribution is 0.178. The summed E-state index contributed by atoms with van der Waals surface area (Å²) < 4.78 is 9.44. The normalized spacial score (nSPS) is 7.82. The molecule has 0 N–H and O–H groups in total. The Hall–Kier alpha value is -0.600. The van der Waals surface area contributed by atoms with Crippen LogP contribution in [0.15, 0.2) is 25.3 Å². The maximum Gasteiger partial charge on any atom is 0.0644 e. The van der Waals surface area contributed by atoms with Gasteiger partial charge in [-0.15, -0.1) is 13.2 Å². The molecule has 0 rings (SSSR count). The first-order valence-corrected chi connectivity index (χ1v) is 3.61. The Morgan fingerprint density at radius 2 is 1.73 bits per heavy atom. The molecule has 0 fully saturated rings. The molecular formula is C9H18O2. The molecule has 0 saturated carbocycles. The highest BCUT2D eigenvalue weighted by atomic mass is 16.5. The predicted molar refractivity (Wildman–Crippen MR) is 48.8 cm³/mol. The maximum atomic E-state index is 4.86. The molecule has 0 heterocycles. The lowest BCUT2D eigenvalue weighted by Crippen LogP contribution is -1.86. The molecule has 0 bridgehead atoms. The van der Waals surface area contributed by atoms with Crippen LogP contribution < -0.4 is 0 Å². The van der Waals surface area contributed by atoms with Crippen LogP contribution in [0.2, 0.25) is 0 Å². The number of hydrogen-bond donors (Lipinski definition) is 0. The molecule has 0 radical (unpaired) electrons. The van der Waals surface area contributed by atoms with Crippen LogP contribution in [-0.4, -0.2) is 26.9 Å². The van der Waals surface area contributed by atoms with Gasteiger partial charge in [-0.2, -0.15) is 0 Å². The second-order valence-electron chi connectivity index (χ2n) is 1.69. The molecule has 0 aliphatic heterocycles. The lowest BCUT2D eigenvalue weighted by atomic mass is 10.7. The molecule has 2 nitrogen and oxygen atoms in total. The van der Waals surface area contributed by atoms with Gasteiger partial charge in [0.1, 0.15) is 0 Å². The Morgan fingerprint density at radius 1 is 1.18 bits per heavy atom. The van der Waals surface area contributed by atoms with E-state index < -0.39 is 0 Å². The van der Waals surface area contributed by atoms with Gasteiger partial charge in [0.05, 0.1) is 13.2 Å². The van der Waals surface area contributed by atoms with Crippen LogP contribution in [0.5, 0.6) is 0 Å². The fourth-order valence-corrected chi connectivity index (χ4v) is 0.319. The number of methoxy groups -OCH3 is 1. The molecule has 0 saturated heterocycles. The van der Waals surface area contributed by atoms with Crippen molar-refractivity contribution < 1.29 is 9.47 Å². The van der Waals surface area contributed by atoms with E-state index in [1.54, 1.807) is 19.3 Å². The fourth-order valence-electron chi connectivity index (χ4n) is 0.319. The van der Waals surface area contributed by atoms with E-state index in [2.05, 4.69) is 17.9 Å². The topological polar surface area (TPSA) is 18.5 Å². The van der Waals surface area contributed by atoms with Crippen LogP contribution in [0.3, 0.4) is 0 Å². The van der Waals surface area contributed by atoms with Gasteiger partial charge in [0.25, 0.3) is 0 Å². The van der Waals surface area contributed by atoms with Gasteiger partial charge in [-0.05, 0) is 6.92 Å². The highest BCUT2D eigenvalue weighted by molar-refractivity contribution is 4.63. The summed E-state index contributed by atoms with van der Waals surface area (Å²) >= 11 is 0. The van der Waals surface area contributed by atoms with Gasteiger partial charge in [-0.1, -0.05) is 12.2 Å². The van der Waals surface area contributed by atoms with Gasteiger partial charge in [-0.25, -0.2) is 0 Å². The smallest absolute Gasteiger partial charge is 0.0644 e. The van der Waals surface area contributed by atoms with E-state index in [0.29, 0.717) is 13.2 Å². The average molecular weight is 158 g/mol. The zero-order valence-corrected chi connectivity index (χ0v) is 7.51. The maximum absolute atomic E-state index is 4.86. The van der Waals surface area contributed by atoms with Gasteiger partial charge < -0.3 is 9.47 Å². The third-order valence-corrected chi connectivity index (χ3v) is 0.724. The van der Waals surface area contributed by atoms with Gasteiger partial charge in [-0.3, -0.25) is 0 Å². The fraction of sp³-hybridized carbons (Fsp3) is 0.556. The van der Waals surface area contributed by atoms with E-state index in [-0.39, 0.29) is 0 Å². The monoisotopic (exact) mass is 158 g/mol. The zero-order valence-electron chi connectivity index (χ0n) is 7.51. The van der Waals surface area contributed by atoms with Crippen LogP contribution in [0, 0.1) is 0 Å². The molecular weight excluding hydrogens is 140 g/mol. The van der Waals surface area contributed by atoms with Crippen LogP contribution in [0.25, 0.3) is 0 Å². The van der Waals surface area contributed by atoms with Crippen LogP contribution in [0.4, 0.5) is 0 Å². The molecule has 0 aliphatic carbocycles. The predicted octanol–water partition coefficient (Wildman–Crippen LogP) is 2.03. The highest BCUT2D eigenvalue weighted by Crippen LogP contribution is 1.69. The van der Waals surface area contributed by atoms with E-state index in [1.165, 1.54) is 0 Å². The Balaban J connectivity index is 0. The lowest BCUT2D eigenvalue weighted by Gasteiger charge is -1.88. The molecule has 0 spiro atoms. The summed E-state index contributed by atoms with van der Waals surface area (Å²) in [6.07, 6.45) is 3.45. The minimum absolute atomic E-state index is 0.653. The summed E-state index contributed by atoms with van der Waals surface area (Å²) in [7, 11) is 1.64. The highest BCUT2D eigenvalue weighted by Gasteiger charge is 1.67. The second-order valence-corrected chi connectivity index (χ2v) is 1.69. The van der Waals surface area contributed by atoms with Crippen molar-refractivity contribution in [2.24, 2.45) is 0 Å². The third-order valence-electron chi connectivity index (χ3n) is 0.724. The summed E-state index contributed by atoms with van der Waals surface area (Å²) in [6.45, 7) is 11.0. The van der Waals surface area contributed by atoms with Crippen molar-refractivity contribution in [3.05, 3.63) is 25.3 Å². The largest absolute Gasteiger partial charge is 0.381 e. The Kier molecular flexibility index (Phi) is 19.2. The molecule has 0 aromatic carbocycles. The molecule has 2 heteroatoms. The van der Waals surface area contributed by atoms with E-state index in [0.717, 1.165) is 6.61 Å². The van der Waals surface area contributed by atoms with E-state index in [1.807, 2.05) is 6.92 Å². The van der Waals surface area contributed by atoms with Gasteiger partial charge in [0.15, 0.2) is 0 Å². The number of hydrogen-bond acceptors (Lipinski definition) is 2. The number of ether oxygens (including phenoxy) is 2. The first-order chi connectivity index (χ1) is 5.33. The molecule has 0 atom stereocenters. The zero-order chi connectivity index (χ0) is 8.95. The van der Waals surface area contributed by atoms with Gasteiger partial charge in [0.2, 0.25) is 0 Å². The SMILES string of the molecule is C=CCOC.C=CCOCC. The average Bonchev–Trinajstić information content (AvgIpc) is 2.04. The Labute approximate surface area is 69.5 Å². The van der Waals surface area contributed by atoms with Crippen molar-refractivity contribution in [1.82, 2.24) is 0 Å². The summed E-state index contributed by atoms with van der Waals surface area (Å²) in [5.74, 6) is 0. The quantitative estimate of drug-likeness (QED) is 0.450.